The number of esters is 1. The molecule has 0 bridgehead atoms. The van der Waals surface area contributed by atoms with E-state index in [2.05, 4.69) is 27.7 Å². The Bertz CT molecular complexity index is 1120. The molecule has 1 amide bonds. The monoisotopic (exact) mass is 448 g/mol. The minimum Gasteiger partial charge on any atom is -0.463 e. The molecule has 33 heavy (non-hydrogen) atoms. The highest BCUT2D eigenvalue weighted by Gasteiger charge is 2.54. The molecule has 2 heterocycles. The molecule has 0 aromatic heterocycles. The lowest BCUT2D eigenvalue weighted by Gasteiger charge is -2.45. The van der Waals surface area contributed by atoms with Crippen LogP contribution in [0.3, 0.4) is 0 Å². The summed E-state index contributed by atoms with van der Waals surface area (Å²) in [5.74, 6) is -0.446. The fourth-order valence-electron chi connectivity index (χ4n) is 4.51. The van der Waals surface area contributed by atoms with E-state index in [0.717, 1.165) is 11.3 Å². The number of aryl methyl sites for hydroxylation is 1. The van der Waals surface area contributed by atoms with Crippen molar-refractivity contribution in [1.29, 1.82) is 0 Å². The molecule has 2 aromatic carbocycles. The maximum Gasteiger partial charge on any atom is 0.376 e. The van der Waals surface area contributed by atoms with Gasteiger partial charge in [-0.05, 0) is 50.5 Å². The van der Waals surface area contributed by atoms with Gasteiger partial charge in [-0.2, -0.15) is 0 Å². The Balaban J connectivity index is 1.97. The van der Waals surface area contributed by atoms with Crippen LogP contribution in [0, 0.1) is 12.3 Å². The standard InChI is InChI=1S/C26H32N4O3/c1-17-12-14-19(15-13-17)30-26(6)16-28(18(2)25(3,4)5)23(31)20-10-8-9-11-21(20)29(26)22(27-30)24(32)33-7/h8-15,18H,16H2,1-7H3/t18-,26-/m0/s1. The minimum atomic E-state index is -0.847. The van der Waals surface area contributed by atoms with Gasteiger partial charge in [0.05, 0.1) is 30.6 Å². The van der Waals surface area contributed by atoms with Crippen molar-refractivity contribution in [3.05, 3.63) is 59.7 Å². The lowest BCUT2D eigenvalue weighted by molar-refractivity contribution is -0.132. The van der Waals surface area contributed by atoms with E-state index in [9.17, 15) is 9.59 Å². The van der Waals surface area contributed by atoms with Gasteiger partial charge in [-0.3, -0.25) is 9.69 Å². The molecule has 0 saturated carbocycles. The van der Waals surface area contributed by atoms with Gasteiger partial charge in [0.1, 0.15) is 0 Å². The van der Waals surface area contributed by atoms with E-state index in [1.807, 2.05) is 77.2 Å². The molecule has 0 radical (unpaired) electrons. The molecule has 7 heteroatoms. The summed E-state index contributed by atoms with van der Waals surface area (Å²) in [7, 11) is 1.35. The van der Waals surface area contributed by atoms with Crippen molar-refractivity contribution in [2.75, 3.05) is 23.6 Å². The van der Waals surface area contributed by atoms with Crippen molar-refractivity contribution in [1.82, 2.24) is 4.90 Å². The third kappa shape index (κ3) is 3.65. The van der Waals surface area contributed by atoms with Crippen LogP contribution >= 0.6 is 0 Å². The second-order valence-corrected chi connectivity index (χ2v) is 10.1. The molecule has 0 unspecified atom stereocenters. The number of benzene rings is 2. The molecule has 4 rings (SSSR count). The normalized spacial score (nSPS) is 21.2. The van der Waals surface area contributed by atoms with E-state index < -0.39 is 11.6 Å². The fraction of sp³-hybridized carbons (Fsp3) is 0.423. The van der Waals surface area contributed by atoms with Crippen LogP contribution in [0.5, 0.6) is 0 Å². The summed E-state index contributed by atoms with van der Waals surface area (Å²) in [4.78, 5) is 30.5. The first-order valence-corrected chi connectivity index (χ1v) is 11.2. The van der Waals surface area contributed by atoms with E-state index in [0.29, 0.717) is 17.8 Å². The number of hydrogen-bond acceptors (Lipinski definition) is 6. The number of amides is 1. The number of anilines is 2. The number of hydrazone groups is 1. The first kappa shape index (κ1) is 22.8. The molecule has 174 valence electrons. The molecule has 0 aliphatic carbocycles. The Kier molecular flexibility index (Phi) is 5.47. The average Bonchev–Trinajstić information content (AvgIpc) is 3.03. The van der Waals surface area contributed by atoms with Gasteiger partial charge in [0, 0.05) is 6.04 Å². The molecular formula is C26H32N4O3. The predicted octanol–water partition coefficient (Wildman–Crippen LogP) is 4.41. The molecule has 2 atom stereocenters. The number of methoxy groups -OCH3 is 1. The second kappa shape index (κ2) is 7.90. The fourth-order valence-corrected chi connectivity index (χ4v) is 4.51. The largest absolute Gasteiger partial charge is 0.463 e. The number of amidine groups is 1. The van der Waals surface area contributed by atoms with Crippen molar-refractivity contribution < 1.29 is 14.3 Å². The number of rotatable bonds is 3. The maximum absolute atomic E-state index is 13.9. The summed E-state index contributed by atoms with van der Waals surface area (Å²) in [5.41, 5.74) is 2.16. The molecule has 0 fully saturated rings. The van der Waals surface area contributed by atoms with Gasteiger partial charge in [0.25, 0.3) is 5.91 Å². The Hall–Kier alpha value is -3.35. The zero-order valence-corrected chi connectivity index (χ0v) is 20.4. The first-order chi connectivity index (χ1) is 15.5. The third-order valence-corrected chi connectivity index (χ3v) is 6.82. The number of hydrogen-bond donors (Lipinski definition) is 0. The molecule has 0 saturated heterocycles. The van der Waals surface area contributed by atoms with E-state index in [1.54, 1.807) is 0 Å². The lowest BCUT2D eigenvalue weighted by Crippen LogP contribution is -2.62. The van der Waals surface area contributed by atoms with Crippen molar-refractivity contribution in [2.45, 2.75) is 53.2 Å². The van der Waals surface area contributed by atoms with Gasteiger partial charge in [0.2, 0.25) is 5.84 Å². The molecule has 0 spiro atoms. The molecule has 0 N–H and O–H groups in total. The highest BCUT2D eigenvalue weighted by Crippen LogP contribution is 2.43. The summed E-state index contributed by atoms with van der Waals surface area (Å²) in [5, 5.41) is 6.60. The van der Waals surface area contributed by atoms with Crippen LogP contribution in [0.4, 0.5) is 11.4 Å². The van der Waals surface area contributed by atoms with Crippen molar-refractivity contribution in [3.8, 4) is 0 Å². The van der Waals surface area contributed by atoms with E-state index in [4.69, 9.17) is 9.84 Å². The van der Waals surface area contributed by atoms with Crippen molar-refractivity contribution in [3.63, 3.8) is 0 Å². The molecular weight excluding hydrogens is 416 g/mol. The summed E-state index contributed by atoms with van der Waals surface area (Å²) >= 11 is 0. The van der Waals surface area contributed by atoms with E-state index in [1.165, 1.54) is 7.11 Å². The third-order valence-electron chi connectivity index (χ3n) is 6.82. The predicted molar refractivity (Wildman–Crippen MR) is 130 cm³/mol. The minimum absolute atomic E-state index is 0.0584. The van der Waals surface area contributed by atoms with Crippen molar-refractivity contribution in [2.24, 2.45) is 10.5 Å². The van der Waals surface area contributed by atoms with Gasteiger partial charge in [-0.25, -0.2) is 9.80 Å². The van der Waals surface area contributed by atoms with Crippen LogP contribution in [0.25, 0.3) is 0 Å². The van der Waals surface area contributed by atoms with Crippen molar-refractivity contribution >= 4 is 29.1 Å². The van der Waals surface area contributed by atoms with Crippen LogP contribution in [0.1, 0.15) is 50.5 Å². The summed E-state index contributed by atoms with van der Waals surface area (Å²) in [6.07, 6.45) is 0. The van der Waals surface area contributed by atoms with Gasteiger partial charge in [0.15, 0.2) is 5.66 Å². The van der Waals surface area contributed by atoms with Crippen LogP contribution in [0.2, 0.25) is 0 Å². The molecule has 2 aromatic rings. The lowest BCUT2D eigenvalue weighted by atomic mass is 9.86. The second-order valence-electron chi connectivity index (χ2n) is 10.1. The van der Waals surface area contributed by atoms with Crippen LogP contribution in [-0.4, -0.2) is 48.0 Å². The van der Waals surface area contributed by atoms with Crippen LogP contribution in [-0.2, 0) is 9.53 Å². The number of nitrogens with zero attached hydrogens (tertiary/aromatic N) is 4. The summed E-state index contributed by atoms with van der Waals surface area (Å²) in [6.45, 7) is 12.9. The number of carbonyl (C=O) groups is 2. The Morgan fingerprint density at radius 3 is 2.36 bits per heavy atom. The molecule has 7 nitrogen and oxygen atoms in total. The molecule has 2 aliphatic rings. The Morgan fingerprint density at radius 2 is 1.76 bits per heavy atom. The van der Waals surface area contributed by atoms with Gasteiger partial charge in [-0.1, -0.05) is 50.6 Å². The number of fused-ring (bicyclic) bond motifs is 3. The van der Waals surface area contributed by atoms with Gasteiger partial charge in [-0.15, -0.1) is 5.10 Å². The highest BCUT2D eigenvalue weighted by atomic mass is 16.5. The Morgan fingerprint density at radius 1 is 1.12 bits per heavy atom. The smallest absolute Gasteiger partial charge is 0.376 e. The topological polar surface area (TPSA) is 65.5 Å². The first-order valence-electron chi connectivity index (χ1n) is 11.2. The zero-order valence-electron chi connectivity index (χ0n) is 20.4. The number of para-hydroxylation sites is 1. The van der Waals surface area contributed by atoms with E-state index >= 15 is 0 Å². The quantitative estimate of drug-likeness (QED) is 0.651. The number of ether oxygens (including phenoxy) is 1. The molecule has 2 aliphatic heterocycles. The maximum atomic E-state index is 13.9. The Labute approximate surface area is 195 Å². The van der Waals surface area contributed by atoms with Crippen LogP contribution in [0.15, 0.2) is 53.6 Å². The van der Waals surface area contributed by atoms with Gasteiger partial charge < -0.3 is 9.64 Å². The van der Waals surface area contributed by atoms with Crippen LogP contribution < -0.4 is 9.91 Å². The average molecular weight is 449 g/mol. The summed E-state index contributed by atoms with van der Waals surface area (Å²) < 4.78 is 5.11. The highest BCUT2D eigenvalue weighted by molar-refractivity contribution is 6.42. The van der Waals surface area contributed by atoms with Gasteiger partial charge >= 0.3 is 5.97 Å². The SMILES string of the molecule is COC(=O)C1=NN(c2ccc(C)cc2)[C@@]2(C)CN([C@@H](C)C(C)(C)C)C(=O)c3ccccc3N12. The zero-order chi connectivity index (χ0) is 24.1. The summed E-state index contributed by atoms with van der Waals surface area (Å²) in [6, 6.07) is 15.3. The van der Waals surface area contributed by atoms with E-state index in [-0.39, 0.29) is 23.2 Å². The number of carbonyl (C=O) groups excluding carboxylic acids is 2.